The quantitative estimate of drug-likeness (QED) is 0.115. The van der Waals surface area contributed by atoms with Gasteiger partial charge in [0.1, 0.15) is 0 Å². The van der Waals surface area contributed by atoms with Crippen LogP contribution in [0.15, 0.2) is 65.7 Å². The second-order valence-electron chi connectivity index (χ2n) is 8.73. The molecule has 5 rings (SSSR count). The van der Waals surface area contributed by atoms with Crippen molar-refractivity contribution in [2.24, 2.45) is 5.73 Å². The maximum atomic E-state index is 13.3. The fraction of sp³-hybridized carbons (Fsp3) is 0.185. The van der Waals surface area contributed by atoms with Crippen molar-refractivity contribution in [1.29, 1.82) is 0 Å². The van der Waals surface area contributed by atoms with Crippen LogP contribution in [0.1, 0.15) is 22.5 Å². The molecule has 0 aliphatic heterocycles. The minimum atomic E-state index is -0.753. The number of aromatic amines is 1. The van der Waals surface area contributed by atoms with Gasteiger partial charge in [-0.25, -0.2) is 14.6 Å². The van der Waals surface area contributed by atoms with Crippen LogP contribution in [0.2, 0.25) is 0 Å². The van der Waals surface area contributed by atoms with Crippen LogP contribution in [-0.4, -0.2) is 54.1 Å². The molecular formula is C27H25N9O3. The van der Waals surface area contributed by atoms with E-state index in [2.05, 4.69) is 41.8 Å². The molecule has 2 aromatic carbocycles. The number of para-hydroxylation sites is 2. The number of rotatable bonds is 11. The number of ketones is 1. The number of aromatic nitrogens is 6. The molecule has 1 amide bonds. The number of H-pyrrole nitrogens is 1. The van der Waals surface area contributed by atoms with E-state index in [9.17, 15) is 9.59 Å². The third-order valence-corrected chi connectivity index (χ3v) is 6.02. The first-order chi connectivity index (χ1) is 19.0. The van der Waals surface area contributed by atoms with Crippen LogP contribution in [0.5, 0.6) is 0 Å². The summed E-state index contributed by atoms with van der Waals surface area (Å²) in [5.41, 5.74) is 9.59. The van der Waals surface area contributed by atoms with Crippen molar-refractivity contribution in [1.82, 2.24) is 29.8 Å². The average molecular weight is 524 g/mol. The van der Waals surface area contributed by atoms with E-state index in [1.165, 1.54) is 6.33 Å². The Balaban J connectivity index is 1.33. The lowest BCUT2D eigenvalue weighted by Gasteiger charge is -2.12. The Hall–Kier alpha value is -5.28. The standard InChI is InChI=1S/C27H25N9O3/c1-2-3-12-30-25-24(34-39-35-25)26-33-21-6-4-5-7-22(21)36(26)15-23(37)17-8-10-18(11-9-17)32-27(38)20(28)13-19-14-29-16-31-19/h1,4-11,14,16,20H,3,12-13,15,28H2,(H,29,31)(H,30,35)(H,32,38). The number of anilines is 2. The van der Waals surface area contributed by atoms with Gasteiger partial charge in [0.05, 0.1) is 29.9 Å². The van der Waals surface area contributed by atoms with E-state index in [4.69, 9.17) is 16.8 Å². The van der Waals surface area contributed by atoms with Crippen LogP contribution in [0.25, 0.3) is 22.6 Å². The fourth-order valence-electron chi connectivity index (χ4n) is 4.06. The second kappa shape index (κ2) is 11.4. The van der Waals surface area contributed by atoms with Gasteiger partial charge in [0, 0.05) is 42.5 Å². The van der Waals surface area contributed by atoms with Crippen molar-refractivity contribution in [3.05, 3.63) is 72.3 Å². The zero-order valence-corrected chi connectivity index (χ0v) is 20.8. The van der Waals surface area contributed by atoms with Crippen molar-refractivity contribution in [2.45, 2.75) is 25.4 Å². The Labute approximate surface area is 223 Å². The van der Waals surface area contributed by atoms with Gasteiger partial charge in [-0.3, -0.25) is 9.59 Å². The van der Waals surface area contributed by atoms with Crippen LogP contribution in [0, 0.1) is 12.3 Å². The first-order valence-corrected chi connectivity index (χ1v) is 12.2. The normalized spacial score (nSPS) is 11.7. The number of carbonyl (C=O) groups excluding carboxylic acids is 2. The molecule has 0 bridgehead atoms. The van der Waals surface area contributed by atoms with Crippen LogP contribution < -0.4 is 16.4 Å². The Kier molecular flexibility index (Phi) is 7.42. The maximum Gasteiger partial charge on any atom is 0.241 e. The number of nitrogens with two attached hydrogens (primary N) is 1. The fourth-order valence-corrected chi connectivity index (χ4v) is 4.06. The number of carbonyl (C=O) groups is 2. The molecule has 5 aromatic rings. The lowest BCUT2D eigenvalue weighted by Crippen LogP contribution is -2.37. The number of Topliss-reactive ketones (excluding diaryl/α,β-unsaturated/α-hetero) is 1. The Morgan fingerprint density at radius 2 is 1.97 bits per heavy atom. The number of imidazole rings is 2. The number of benzene rings is 2. The van der Waals surface area contributed by atoms with Crippen molar-refractivity contribution in [3.63, 3.8) is 0 Å². The molecule has 0 aliphatic carbocycles. The van der Waals surface area contributed by atoms with Gasteiger partial charge in [0.25, 0.3) is 0 Å². The summed E-state index contributed by atoms with van der Waals surface area (Å²) in [6.07, 6.45) is 9.32. The molecule has 3 heterocycles. The van der Waals surface area contributed by atoms with Gasteiger partial charge in [0.15, 0.2) is 17.3 Å². The largest absolute Gasteiger partial charge is 0.364 e. The summed E-state index contributed by atoms with van der Waals surface area (Å²) >= 11 is 0. The van der Waals surface area contributed by atoms with E-state index in [0.29, 0.717) is 53.5 Å². The molecular weight excluding hydrogens is 498 g/mol. The molecule has 5 N–H and O–H groups in total. The van der Waals surface area contributed by atoms with E-state index in [1.54, 1.807) is 35.0 Å². The van der Waals surface area contributed by atoms with Gasteiger partial charge in [-0.1, -0.05) is 12.1 Å². The molecule has 196 valence electrons. The Morgan fingerprint density at radius 1 is 1.15 bits per heavy atom. The van der Waals surface area contributed by atoms with E-state index in [1.807, 2.05) is 24.3 Å². The number of terminal acetylenes is 1. The molecule has 0 fully saturated rings. The molecule has 0 aliphatic rings. The molecule has 12 nitrogen and oxygen atoms in total. The van der Waals surface area contributed by atoms with E-state index >= 15 is 0 Å². The van der Waals surface area contributed by atoms with Crippen molar-refractivity contribution in [2.75, 3.05) is 17.2 Å². The zero-order chi connectivity index (χ0) is 27.2. The maximum absolute atomic E-state index is 13.3. The van der Waals surface area contributed by atoms with Gasteiger partial charge in [-0.05, 0) is 46.7 Å². The van der Waals surface area contributed by atoms with Crippen molar-refractivity contribution in [3.8, 4) is 23.9 Å². The predicted octanol–water partition coefficient (Wildman–Crippen LogP) is 2.64. The van der Waals surface area contributed by atoms with Crippen LogP contribution in [0.4, 0.5) is 11.5 Å². The van der Waals surface area contributed by atoms with Gasteiger partial charge in [-0.15, -0.1) is 12.3 Å². The highest BCUT2D eigenvalue weighted by Gasteiger charge is 2.22. The summed E-state index contributed by atoms with van der Waals surface area (Å²) in [7, 11) is 0. The highest BCUT2D eigenvalue weighted by Crippen LogP contribution is 2.28. The van der Waals surface area contributed by atoms with E-state index in [0.717, 1.165) is 11.2 Å². The summed E-state index contributed by atoms with van der Waals surface area (Å²) in [6, 6.07) is 13.4. The summed E-state index contributed by atoms with van der Waals surface area (Å²) < 4.78 is 6.73. The second-order valence-corrected chi connectivity index (χ2v) is 8.73. The number of amides is 1. The third kappa shape index (κ3) is 5.68. The molecule has 0 saturated carbocycles. The minimum Gasteiger partial charge on any atom is -0.364 e. The molecule has 1 atom stereocenters. The number of hydrogen-bond acceptors (Lipinski definition) is 9. The smallest absolute Gasteiger partial charge is 0.241 e. The number of nitrogens with one attached hydrogen (secondary N) is 3. The first-order valence-electron chi connectivity index (χ1n) is 12.2. The van der Waals surface area contributed by atoms with E-state index in [-0.39, 0.29) is 18.2 Å². The van der Waals surface area contributed by atoms with Crippen molar-refractivity contribution >= 4 is 34.2 Å². The molecule has 0 spiro atoms. The highest BCUT2D eigenvalue weighted by atomic mass is 16.6. The summed E-state index contributed by atoms with van der Waals surface area (Å²) in [6.45, 7) is 0.473. The van der Waals surface area contributed by atoms with Crippen LogP contribution in [0.3, 0.4) is 0 Å². The predicted molar refractivity (Wildman–Crippen MR) is 145 cm³/mol. The average Bonchev–Trinajstić information content (AvgIpc) is 3.70. The van der Waals surface area contributed by atoms with Gasteiger partial charge in [0.2, 0.25) is 11.7 Å². The Bertz CT molecular complexity index is 1630. The molecule has 1 unspecified atom stereocenters. The van der Waals surface area contributed by atoms with Gasteiger partial charge >= 0.3 is 0 Å². The lowest BCUT2D eigenvalue weighted by molar-refractivity contribution is -0.117. The summed E-state index contributed by atoms with van der Waals surface area (Å²) in [5, 5.41) is 13.8. The monoisotopic (exact) mass is 523 g/mol. The van der Waals surface area contributed by atoms with Crippen LogP contribution >= 0.6 is 0 Å². The third-order valence-electron chi connectivity index (χ3n) is 6.02. The molecule has 0 saturated heterocycles. The summed E-state index contributed by atoms with van der Waals surface area (Å²) in [4.78, 5) is 37.3. The molecule has 39 heavy (non-hydrogen) atoms. The summed E-state index contributed by atoms with van der Waals surface area (Å²) in [5.74, 6) is 2.88. The first kappa shape index (κ1) is 25.4. The number of fused-ring (bicyclic) bond motifs is 1. The Morgan fingerprint density at radius 3 is 2.74 bits per heavy atom. The molecule has 3 aromatic heterocycles. The highest BCUT2D eigenvalue weighted by molar-refractivity contribution is 5.99. The van der Waals surface area contributed by atoms with Gasteiger partial charge < -0.3 is 25.9 Å². The SMILES string of the molecule is C#CCCNc1nonc1-c1nc2ccccc2n1CC(=O)c1ccc(NC(=O)C(N)Cc2cnc[nH]2)cc1. The number of nitrogens with zero attached hydrogens (tertiary/aromatic N) is 5. The molecule has 0 radical (unpaired) electrons. The van der Waals surface area contributed by atoms with E-state index < -0.39 is 6.04 Å². The lowest BCUT2D eigenvalue weighted by atomic mass is 10.1. The van der Waals surface area contributed by atoms with Crippen molar-refractivity contribution < 1.29 is 14.2 Å². The molecule has 12 heteroatoms. The van der Waals surface area contributed by atoms with Gasteiger partial charge in [-0.2, -0.15) is 0 Å². The topological polar surface area (TPSA) is 170 Å². The number of hydrogen-bond donors (Lipinski definition) is 4. The zero-order valence-electron chi connectivity index (χ0n) is 20.8. The minimum absolute atomic E-state index is 0.00668. The van der Waals surface area contributed by atoms with Crippen LogP contribution in [-0.2, 0) is 17.8 Å².